The second-order valence-electron chi connectivity index (χ2n) is 5.78. The maximum atomic E-state index is 14.5. The Labute approximate surface area is 155 Å². The van der Waals surface area contributed by atoms with Gasteiger partial charge in [-0.15, -0.1) is 0 Å². The zero-order valence-corrected chi connectivity index (χ0v) is 15.7. The molecule has 1 aliphatic carbocycles. The van der Waals surface area contributed by atoms with Crippen LogP contribution in [0.2, 0.25) is 0 Å². The molecule has 1 rings (SSSR count). The van der Waals surface area contributed by atoms with Crippen LogP contribution in [0.15, 0.2) is 11.8 Å². The smallest absolute Gasteiger partial charge is 0.382 e. The van der Waals surface area contributed by atoms with Gasteiger partial charge < -0.3 is 23.1 Å². The Morgan fingerprint density at radius 3 is 2.07 bits per heavy atom. The number of hydrogen-bond donors (Lipinski definition) is 0. The van der Waals surface area contributed by atoms with E-state index in [1.54, 1.807) is 7.11 Å². The third-order valence-corrected chi connectivity index (χ3v) is 4.55. The van der Waals surface area contributed by atoms with Crippen molar-refractivity contribution in [3.8, 4) is 0 Å². The molecule has 0 bridgehead atoms. The average Bonchev–Trinajstić information content (AvgIpc) is 2.58. The lowest BCUT2D eigenvalue weighted by atomic mass is 9.91. The lowest BCUT2D eigenvalue weighted by molar-refractivity contribution is -0.0530. The molecule has 0 spiro atoms. The fourth-order valence-electron chi connectivity index (χ4n) is 2.08. The molecule has 12 heteroatoms. The van der Waals surface area contributed by atoms with E-state index < -0.39 is 27.1 Å². The van der Waals surface area contributed by atoms with Gasteiger partial charge in [-0.05, 0) is 12.5 Å². The molecule has 0 saturated carbocycles. The van der Waals surface area contributed by atoms with Crippen LogP contribution in [0.3, 0.4) is 0 Å². The molecule has 7 nitrogen and oxygen atoms in total. The normalized spacial score (nSPS) is 21.1. The Balaban J connectivity index is 2.20. The number of methoxy groups -OCH3 is 1. The monoisotopic (exact) mass is 424 g/mol. The summed E-state index contributed by atoms with van der Waals surface area (Å²) in [6, 6.07) is 0. The molecule has 1 aliphatic rings. The van der Waals surface area contributed by atoms with Gasteiger partial charge in [-0.25, -0.2) is 4.39 Å². The molecule has 0 N–H and O–H groups in total. The summed E-state index contributed by atoms with van der Waals surface area (Å²) < 4.78 is 97.5. The summed E-state index contributed by atoms with van der Waals surface area (Å²) in [6.07, 6.45) is 0.221. The van der Waals surface area contributed by atoms with E-state index in [9.17, 15) is 26.0 Å². The van der Waals surface area contributed by atoms with Crippen LogP contribution in [0.4, 0.5) is 17.6 Å². The van der Waals surface area contributed by atoms with Crippen molar-refractivity contribution >= 4 is 10.1 Å². The summed E-state index contributed by atoms with van der Waals surface area (Å²) in [6.45, 7) is 1.79. The minimum Gasteiger partial charge on any atom is -0.382 e. The van der Waals surface area contributed by atoms with Crippen molar-refractivity contribution in [2.45, 2.75) is 30.4 Å². The zero-order chi connectivity index (χ0) is 20.4. The van der Waals surface area contributed by atoms with E-state index in [4.69, 9.17) is 18.9 Å². The maximum Gasteiger partial charge on any atom is 0.534 e. The highest BCUT2D eigenvalue weighted by Crippen LogP contribution is 2.35. The summed E-state index contributed by atoms with van der Waals surface area (Å²) in [5, 5.41) is 0. The number of alkyl halides is 4. The fraction of sp³-hybridized carbons (Fsp3) is 0.867. The highest BCUT2D eigenvalue weighted by atomic mass is 32.2. The van der Waals surface area contributed by atoms with E-state index in [-0.39, 0.29) is 39.1 Å². The Hall–Kier alpha value is -0.950. The molecule has 1 unspecified atom stereocenters. The Morgan fingerprint density at radius 1 is 1.04 bits per heavy atom. The predicted octanol–water partition coefficient (Wildman–Crippen LogP) is 2.32. The first-order chi connectivity index (χ1) is 12.6. The first-order valence-corrected chi connectivity index (χ1v) is 9.61. The Morgan fingerprint density at radius 2 is 1.59 bits per heavy atom. The van der Waals surface area contributed by atoms with E-state index in [0.717, 1.165) is 6.08 Å². The molecule has 0 fully saturated rings. The number of allylic oxidation sites excluding steroid dienone is 2. The van der Waals surface area contributed by atoms with Crippen molar-refractivity contribution in [1.29, 1.82) is 0 Å². The molecule has 0 heterocycles. The lowest BCUT2D eigenvalue weighted by Gasteiger charge is -2.28. The molecule has 0 aromatic rings. The van der Waals surface area contributed by atoms with Gasteiger partial charge in [0.1, 0.15) is 11.4 Å². The standard InChI is InChI=1S/C15H24F4O7S/c1-22-6-7-23-8-9-24-10-11-25-12-14(16)4-2-13(3-5-14)26-27(20,21)15(17,18)19/h2H,3-12H2,1H3. The number of hydrogen-bond acceptors (Lipinski definition) is 7. The third kappa shape index (κ3) is 9.19. The van der Waals surface area contributed by atoms with E-state index in [1.807, 2.05) is 0 Å². The zero-order valence-electron chi connectivity index (χ0n) is 14.9. The van der Waals surface area contributed by atoms with Crippen molar-refractivity contribution in [2.75, 3.05) is 53.4 Å². The average molecular weight is 424 g/mol. The van der Waals surface area contributed by atoms with Crippen LogP contribution in [0.1, 0.15) is 19.3 Å². The molecule has 160 valence electrons. The van der Waals surface area contributed by atoms with Crippen molar-refractivity contribution in [1.82, 2.24) is 0 Å². The molecule has 0 aromatic carbocycles. The van der Waals surface area contributed by atoms with Gasteiger partial charge in [-0.2, -0.15) is 21.6 Å². The Bertz CT molecular complexity index is 565. The van der Waals surface area contributed by atoms with Crippen LogP contribution in [0.5, 0.6) is 0 Å². The van der Waals surface area contributed by atoms with Gasteiger partial charge in [-0.3, -0.25) is 0 Å². The van der Waals surface area contributed by atoms with Gasteiger partial charge in [0.05, 0.1) is 46.2 Å². The third-order valence-electron chi connectivity index (χ3n) is 3.55. The van der Waals surface area contributed by atoms with Crippen LogP contribution in [0, 0.1) is 0 Å². The van der Waals surface area contributed by atoms with Gasteiger partial charge in [0.15, 0.2) is 0 Å². The van der Waals surface area contributed by atoms with E-state index in [1.165, 1.54) is 0 Å². The minimum atomic E-state index is -5.73. The van der Waals surface area contributed by atoms with Crippen LogP contribution in [-0.2, 0) is 33.2 Å². The molecule has 0 radical (unpaired) electrons. The predicted molar refractivity (Wildman–Crippen MR) is 86.2 cm³/mol. The second kappa shape index (κ2) is 11.1. The molecular weight excluding hydrogens is 400 g/mol. The summed E-state index contributed by atoms with van der Waals surface area (Å²) in [7, 11) is -4.16. The SMILES string of the molecule is COCCOCCOCCOCC1(F)CC=C(OS(=O)(=O)C(F)(F)F)CC1. The van der Waals surface area contributed by atoms with Crippen molar-refractivity contribution in [2.24, 2.45) is 0 Å². The van der Waals surface area contributed by atoms with Gasteiger partial charge in [0.2, 0.25) is 0 Å². The number of halogens is 4. The van der Waals surface area contributed by atoms with E-state index >= 15 is 0 Å². The number of rotatable bonds is 13. The molecule has 27 heavy (non-hydrogen) atoms. The molecule has 0 aliphatic heterocycles. The van der Waals surface area contributed by atoms with Crippen molar-refractivity contribution < 1.29 is 49.1 Å². The summed E-state index contributed by atoms with van der Waals surface area (Å²) >= 11 is 0. The van der Waals surface area contributed by atoms with Gasteiger partial charge in [-0.1, -0.05) is 0 Å². The second-order valence-corrected chi connectivity index (χ2v) is 7.32. The van der Waals surface area contributed by atoms with E-state index in [2.05, 4.69) is 4.18 Å². The minimum absolute atomic E-state index is 0.138. The van der Waals surface area contributed by atoms with Crippen LogP contribution in [0.25, 0.3) is 0 Å². The molecule has 0 amide bonds. The first kappa shape index (κ1) is 24.1. The van der Waals surface area contributed by atoms with Crippen LogP contribution < -0.4 is 0 Å². The number of ether oxygens (including phenoxy) is 4. The largest absolute Gasteiger partial charge is 0.534 e. The lowest BCUT2D eigenvalue weighted by Crippen LogP contribution is -2.33. The summed E-state index contributed by atoms with van der Waals surface area (Å²) in [5.41, 5.74) is -7.31. The van der Waals surface area contributed by atoms with Crippen LogP contribution in [-0.4, -0.2) is 73.0 Å². The fourth-order valence-corrected chi connectivity index (χ4v) is 2.61. The molecule has 0 saturated heterocycles. The van der Waals surface area contributed by atoms with Gasteiger partial charge >= 0.3 is 15.6 Å². The topological polar surface area (TPSA) is 80.3 Å². The molecule has 0 aromatic heterocycles. The first-order valence-electron chi connectivity index (χ1n) is 8.20. The van der Waals surface area contributed by atoms with Crippen LogP contribution >= 0.6 is 0 Å². The molecular formula is C15H24F4O7S. The van der Waals surface area contributed by atoms with Gasteiger partial charge in [0.25, 0.3) is 0 Å². The highest BCUT2D eigenvalue weighted by molar-refractivity contribution is 7.87. The summed E-state index contributed by atoms with van der Waals surface area (Å²) in [4.78, 5) is 0. The van der Waals surface area contributed by atoms with E-state index in [0.29, 0.717) is 26.4 Å². The molecule has 1 atom stereocenters. The quantitative estimate of drug-likeness (QED) is 0.194. The maximum absolute atomic E-state index is 14.5. The Kier molecular flexibility index (Phi) is 9.95. The summed E-state index contributed by atoms with van der Waals surface area (Å²) in [5.74, 6) is -0.419. The van der Waals surface area contributed by atoms with Crippen molar-refractivity contribution in [3.05, 3.63) is 11.8 Å². The van der Waals surface area contributed by atoms with Crippen molar-refractivity contribution in [3.63, 3.8) is 0 Å². The van der Waals surface area contributed by atoms with Gasteiger partial charge in [0, 0.05) is 20.0 Å². The highest BCUT2D eigenvalue weighted by Gasteiger charge is 2.49.